The fourth-order valence-corrected chi connectivity index (χ4v) is 4.57. The average Bonchev–Trinajstić information content (AvgIpc) is 2.96. The Morgan fingerprint density at radius 2 is 1.95 bits per heavy atom. The molecule has 4 heteroatoms. The SMILES string of the molecule is CNC1CCC(NC(=O)C2CCCc3sccc32)CC1. The van der Waals surface area contributed by atoms with Gasteiger partial charge in [0.25, 0.3) is 0 Å². The van der Waals surface area contributed by atoms with E-state index in [9.17, 15) is 4.79 Å². The number of hydrogen-bond donors (Lipinski definition) is 2. The molecule has 0 bridgehead atoms. The van der Waals surface area contributed by atoms with Gasteiger partial charge in [0, 0.05) is 17.0 Å². The van der Waals surface area contributed by atoms with Gasteiger partial charge in [-0.05, 0) is 69.0 Å². The van der Waals surface area contributed by atoms with Gasteiger partial charge in [-0.3, -0.25) is 4.79 Å². The summed E-state index contributed by atoms with van der Waals surface area (Å²) in [5.74, 6) is 0.365. The smallest absolute Gasteiger partial charge is 0.227 e. The van der Waals surface area contributed by atoms with Crippen molar-refractivity contribution in [3.63, 3.8) is 0 Å². The maximum atomic E-state index is 12.6. The number of rotatable bonds is 3. The van der Waals surface area contributed by atoms with E-state index in [1.54, 1.807) is 0 Å². The third-order valence-electron chi connectivity index (χ3n) is 4.85. The summed E-state index contributed by atoms with van der Waals surface area (Å²) >= 11 is 1.81. The molecule has 0 radical (unpaired) electrons. The zero-order valence-corrected chi connectivity index (χ0v) is 13.0. The van der Waals surface area contributed by atoms with E-state index in [-0.39, 0.29) is 11.8 Å². The molecule has 3 rings (SSSR count). The molecule has 20 heavy (non-hydrogen) atoms. The molecule has 1 atom stereocenters. The third-order valence-corrected chi connectivity index (χ3v) is 5.85. The van der Waals surface area contributed by atoms with Crippen LogP contribution in [-0.4, -0.2) is 25.0 Å². The molecule has 2 N–H and O–H groups in total. The molecule has 1 aromatic rings. The quantitative estimate of drug-likeness (QED) is 0.899. The van der Waals surface area contributed by atoms with Crippen LogP contribution in [0, 0.1) is 0 Å². The van der Waals surface area contributed by atoms with Gasteiger partial charge < -0.3 is 10.6 Å². The largest absolute Gasteiger partial charge is 0.353 e. The van der Waals surface area contributed by atoms with E-state index >= 15 is 0 Å². The van der Waals surface area contributed by atoms with Crippen LogP contribution in [0.25, 0.3) is 0 Å². The number of fused-ring (bicyclic) bond motifs is 1. The fourth-order valence-electron chi connectivity index (χ4n) is 3.59. The Labute approximate surface area is 125 Å². The van der Waals surface area contributed by atoms with Gasteiger partial charge >= 0.3 is 0 Å². The lowest BCUT2D eigenvalue weighted by molar-refractivity contribution is -0.123. The predicted molar refractivity (Wildman–Crippen MR) is 83.2 cm³/mol. The molecular weight excluding hydrogens is 268 g/mol. The number of nitrogens with one attached hydrogen (secondary N) is 2. The second kappa shape index (κ2) is 6.27. The topological polar surface area (TPSA) is 41.1 Å². The van der Waals surface area contributed by atoms with E-state index in [1.807, 2.05) is 18.4 Å². The maximum absolute atomic E-state index is 12.6. The predicted octanol–water partition coefficient (Wildman–Crippen LogP) is 2.81. The number of amides is 1. The Hall–Kier alpha value is -0.870. The highest BCUT2D eigenvalue weighted by Crippen LogP contribution is 2.35. The molecule has 0 saturated heterocycles. The van der Waals surface area contributed by atoms with Gasteiger partial charge in [-0.25, -0.2) is 0 Å². The van der Waals surface area contributed by atoms with Crippen LogP contribution in [0.1, 0.15) is 54.9 Å². The minimum atomic E-state index is 0.104. The first-order chi connectivity index (χ1) is 9.78. The molecule has 1 saturated carbocycles. The van der Waals surface area contributed by atoms with Crippen LogP contribution >= 0.6 is 11.3 Å². The minimum absolute atomic E-state index is 0.104. The lowest BCUT2D eigenvalue weighted by atomic mass is 9.86. The number of hydrogen-bond acceptors (Lipinski definition) is 3. The van der Waals surface area contributed by atoms with Crippen LogP contribution in [0.3, 0.4) is 0 Å². The fraction of sp³-hybridized carbons (Fsp3) is 0.688. The molecule has 2 aliphatic rings. The molecule has 1 unspecified atom stereocenters. The van der Waals surface area contributed by atoms with Crippen LogP contribution < -0.4 is 10.6 Å². The van der Waals surface area contributed by atoms with Gasteiger partial charge in [0.2, 0.25) is 5.91 Å². The molecule has 1 heterocycles. The normalized spacial score (nSPS) is 29.8. The monoisotopic (exact) mass is 292 g/mol. The zero-order valence-electron chi connectivity index (χ0n) is 12.2. The van der Waals surface area contributed by atoms with Gasteiger partial charge in [-0.15, -0.1) is 11.3 Å². The first kappa shape index (κ1) is 14.1. The molecule has 1 amide bonds. The second-order valence-corrected chi connectivity index (χ2v) is 7.09. The van der Waals surface area contributed by atoms with Crippen LogP contribution in [0.15, 0.2) is 11.4 Å². The number of carbonyl (C=O) groups is 1. The van der Waals surface area contributed by atoms with Gasteiger partial charge in [0.05, 0.1) is 5.92 Å². The van der Waals surface area contributed by atoms with Crippen molar-refractivity contribution >= 4 is 17.2 Å². The van der Waals surface area contributed by atoms with Crippen molar-refractivity contribution in [2.24, 2.45) is 0 Å². The summed E-state index contributed by atoms with van der Waals surface area (Å²) in [6.07, 6.45) is 7.90. The summed E-state index contributed by atoms with van der Waals surface area (Å²) in [5, 5.41) is 8.77. The summed E-state index contributed by atoms with van der Waals surface area (Å²) in [6, 6.07) is 3.18. The van der Waals surface area contributed by atoms with E-state index in [1.165, 1.54) is 23.3 Å². The van der Waals surface area contributed by atoms with Crippen LogP contribution in [0.2, 0.25) is 0 Å². The molecule has 1 fully saturated rings. The Morgan fingerprint density at radius 3 is 2.70 bits per heavy atom. The molecular formula is C16H24N2OS. The van der Waals surface area contributed by atoms with Crippen molar-refractivity contribution in [3.05, 3.63) is 21.9 Å². The van der Waals surface area contributed by atoms with E-state index in [4.69, 9.17) is 0 Å². The average molecular weight is 292 g/mol. The summed E-state index contributed by atoms with van der Waals surface area (Å²) in [6.45, 7) is 0. The highest BCUT2D eigenvalue weighted by atomic mass is 32.1. The van der Waals surface area contributed by atoms with Crippen molar-refractivity contribution in [2.75, 3.05) is 7.05 Å². The first-order valence-electron chi connectivity index (χ1n) is 7.82. The van der Waals surface area contributed by atoms with Crippen LogP contribution in [-0.2, 0) is 11.2 Å². The van der Waals surface area contributed by atoms with Crippen molar-refractivity contribution in [3.8, 4) is 0 Å². The van der Waals surface area contributed by atoms with E-state index in [0.717, 1.165) is 32.1 Å². The summed E-state index contributed by atoms with van der Waals surface area (Å²) < 4.78 is 0. The van der Waals surface area contributed by atoms with Gasteiger partial charge in [0.15, 0.2) is 0 Å². The second-order valence-electron chi connectivity index (χ2n) is 6.09. The van der Waals surface area contributed by atoms with E-state index in [0.29, 0.717) is 12.1 Å². The standard InChI is InChI=1S/C16H24N2OS/c1-17-11-5-7-12(8-6-11)18-16(19)14-3-2-4-15-13(14)9-10-20-15/h9-12,14,17H,2-8H2,1H3,(H,18,19). The Kier molecular flexibility index (Phi) is 4.41. The van der Waals surface area contributed by atoms with Crippen molar-refractivity contribution < 1.29 is 4.79 Å². The highest BCUT2D eigenvalue weighted by molar-refractivity contribution is 7.10. The van der Waals surface area contributed by atoms with Crippen molar-refractivity contribution in [1.82, 2.24) is 10.6 Å². The Balaban J connectivity index is 1.58. The lowest BCUT2D eigenvalue weighted by Gasteiger charge is -2.31. The summed E-state index contributed by atoms with van der Waals surface area (Å²) in [7, 11) is 2.03. The number of thiophene rings is 1. The molecule has 1 aromatic heterocycles. The Bertz CT molecular complexity index is 463. The molecule has 0 aromatic carbocycles. The molecule has 110 valence electrons. The number of carbonyl (C=O) groups excluding carboxylic acids is 1. The van der Waals surface area contributed by atoms with Gasteiger partial charge in [-0.2, -0.15) is 0 Å². The van der Waals surface area contributed by atoms with Crippen LogP contribution in [0.5, 0.6) is 0 Å². The first-order valence-corrected chi connectivity index (χ1v) is 8.70. The molecule has 2 aliphatic carbocycles. The minimum Gasteiger partial charge on any atom is -0.353 e. The van der Waals surface area contributed by atoms with Crippen molar-refractivity contribution in [1.29, 1.82) is 0 Å². The summed E-state index contributed by atoms with van der Waals surface area (Å²) in [5.41, 5.74) is 1.29. The maximum Gasteiger partial charge on any atom is 0.227 e. The number of aryl methyl sites for hydroxylation is 1. The highest BCUT2D eigenvalue weighted by Gasteiger charge is 2.29. The molecule has 3 nitrogen and oxygen atoms in total. The van der Waals surface area contributed by atoms with E-state index in [2.05, 4.69) is 22.1 Å². The third kappa shape index (κ3) is 2.91. The molecule has 0 aliphatic heterocycles. The van der Waals surface area contributed by atoms with E-state index < -0.39 is 0 Å². The lowest BCUT2D eigenvalue weighted by Crippen LogP contribution is -2.43. The zero-order chi connectivity index (χ0) is 13.9. The van der Waals surface area contributed by atoms with Gasteiger partial charge in [-0.1, -0.05) is 0 Å². The Morgan fingerprint density at radius 1 is 1.20 bits per heavy atom. The van der Waals surface area contributed by atoms with Crippen molar-refractivity contribution in [2.45, 2.75) is 62.9 Å². The van der Waals surface area contributed by atoms with Gasteiger partial charge in [0.1, 0.15) is 0 Å². The molecule has 0 spiro atoms. The van der Waals surface area contributed by atoms with Crippen LogP contribution in [0.4, 0.5) is 0 Å². The summed E-state index contributed by atoms with van der Waals surface area (Å²) in [4.78, 5) is 14.0.